The maximum Gasteiger partial charge on any atom is 0.241 e. The number of nitrogens with two attached hydrogens (primary N) is 1. The Morgan fingerprint density at radius 2 is 2.10 bits per heavy atom. The van der Waals surface area contributed by atoms with Gasteiger partial charge < -0.3 is 10.5 Å². The monoisotopic (exact) mass is 271 g/mol. The van der Waals surface area contributed by atoms with Gasteiger partial charge in [0.2, 0.25) is 5.88 Å². The molecule has 0 saturated carbocycles. The molecule has 0 unspecified atom stereocenters. The Balaban J connectivity index is 1.91. The molecule has 0 spiro atoms. The fourth-order valence-corrected chi connectivity index (χ4v) is 2.77. The van der Waals surface area contributed by atoms with Crippen molar-refractivity contribution < 1.29 is 4.74 Å². The Kier molecular flexibility index (Phi) is 3.38. The second-order valence-corrected chi connectivity index (χ2v) is 5.41. The van der Waals surface area contributed by atoms with Crippen molar-refractivity contribution in [3.05, 3.63) is 35.0 Å². The van der Waals surface area contributed by atoms with Gasteiger partial charge in [0.25, 0.3) is 0 Å². The van der Waals surface area contributed by atoms with Crippen LogP contribution >= 0.6 is 0 Å². The predicted octanol–water partition coefficient (Wildman–Crippen LogP) is 3.46. The molecule has 1 aromatic heterocycles. The highest BCUT2D eigenvalue weighted by atomic mass is 16.5. The summed E-state index contributed by atoms with van der Waals surface area (Å²) in [5.74, 6) is 1.52. The molecule has 1 aliphatic rings. The van der Waals surface area contributed by atoms with E-state index in [9.17, 15) is 0 Å². The Hall–Kier alpha value is -1.97. The van der Waals surface area contributed by atoms with Crippen LogP contribution in [-0.2, 0) is 19.4 Å². The molecule has 3 rings (SSSR count). The molecular weight excluding hydrogens is 250 g/mol. The largest absolute Gasteiger partial charge is 0.437 e. The maximum absolute atomic E-state index is 6.09. The highest BCUT2D eigenvalue weighted by Gasteiger charge is 2.16. The third-order valence-corrected chi connectivity index (χ3v) is 3.85. The lowest BCUT2D eigenvalue weighted by Crippen LogP contribution is -2.02. The lowest BCUT2D eigenvalue weighted by molar-refractivity contribution is 0.410. The number of nitrogen functional groups attached to an aromatic ring is 1. The summed E-state index contributed by atoms with van der Waals surface area (Å²) in [5, 5.41) is 4.44. The summed E-state index contributed by atoms with van der Waals surface area (Å²) in [5.41, 5.74) is 10.4. The van der Waals surface area contributed by atoms with Crippen molar-refractivity contribution in [2.75, 3.05) is 5.73 Å². The van der Waals surface area contributed by atoms with Crippen molar-refractivity contribution in [1.29, 1.82) is 0 Å². The van der Waals surface area contributed by atoms with E-state index in [4.69, 9.17) is 10.5 Å². The van der Waals surface area contributed by atoms with Gasteiger partial charge in [-0.3, -0.25) is 0 Å². The van der Waals surface area contributed by atoms with Crippen LogP contribution in [-0.4, -0.2) is 9.78 Å². The Morgan fingerprint density at radius 3 is 2.90 bits per heavy atom. The molecule has 4 heteroatoms. The summed E-state index contributed by atoms with van der Waals surface area (Å²) in [7, 11) is 0. The number of aryl methyl sites for hydroxylation is 4. The SMILES string of the molecule is CCCn1nc(C)c(N)c1Oc1ccc2c(c1)CCC2. The van der Waals surface area contributed by atoms with Crippen molar-refractivity contribution in [3.8, 4) is 11.6 Å². The maximum atomic E-state index is 6.09. The standard InChI is InChI=1S/C16H21N3O/c1-3-9-19-16(15(17)11(2)18-19)20-14-8-7-12-5-4-6-13(12)10-14/h7-8,10H,3-6,9,17H2,1-2H3. The summed E-state index contributed by atoms with van der Waals surface area (Å²) in [6, 6.07) is 6.34. The molecule has 0 aliphatic heterocycles. The quantitative estimate of drug-likeness (QED) is 0.926. The lowest BCUT2D eigenvalue weighted by Gasteiger charge is -2.10. The van der Waals surface area contributed by atoms with Crippen LogP contribution in [0.15, 0.2) is 18.2 Å². The molecule has 0 atom stereocenters. The van der Waals surface area contributed by atoms with Crippen LogP contribution in [0, 0.1) is 6.92 Å². The molecule has 0 fully saturated rings. The number of hydrogen-bond acceptors (Lipinski definition) is 3. The van der Waals surface area contributed by atoms with Crippen LogP contribution in [0.2, 0.25) is 0 Å². The smallest absolute Gasteiger partial charge is 0.241 e. The highest BCUT2D eigenvalue weighted by Crippen LogP contribution is 2.33. The summed E-state index contributed by atoms with van der Waals surface area (Å²) in [6.07, 6.45) is 4.58. The molecular formula is C16H21N3O. The van der Waals surface area contributed by atoms with E-state index >= 15 is 0 Å². The van der Waals surface area contributed by atoms with Gasteiger partial charge in [0.1, 0.15) is 11.4 Å². The molecule has 106 valence electrons. The Morgan fingerprint density at radius 1 is 1.30 bits per heavy atom. The topological polar surface area (TPSA) is 53.1 Å². The molecule has 1 heterocycles. The van der Waals surface area contributed by atoms with Crippen LogP contribution in [0.4, 0.5) is 5.69 Å². The average Bonchev–Trinajstić information content (AvgIpc) is 2.99. The molecule has 1 aromatic carbocycles. The van der Waals surface area contributed by atoms with Crippen molar-refractivity contribution >= 4 is 5.69 Å². The van der Waals surface area contributed by atoms with Crippen LogP contribution in [0.3, 0.4) is 0 Å². The third-order valence-electron chi connectivity index (χ3n) is 3.85. The lowest BCUT2D eigenvalue weighted by atomic mass is 10.1. The van der Waals surface area contributed by atoms with Crippen LogP contribution in [0.1, 0.15) is 36.6 Å². The Bertz CT molecular complexity index is 631. The average molecular weight is 271 g/mol. The molecule has 2 N–H and O–H groups in total. The van der Waals surface area contributed by atoms with Gasteiger partial charge in [-0.25, -0.2) is 4.68 Å². The Labute approximate surface area is 119 Å². The number of hydrogen-bond donors (Lipinski definition) is 1. The third kappa shape index (κ3) is 2.26. The summed E-state index contributed by atoms with van der Waals surface area (Å²) < 4.78 is 7.87. The van der Waals surface area contributed by atoms with Crippen molar-refractivity contribution in [1.82, 2.24) is 9.78 Å². The second kappa shape index (κ2) is 5.19. The minimum Gasteiger partial charge on any atom is -0.437 e. The van der Waals surface area contributed by atoms with E-state index in [0.29, 0.717) is 11.6 Å². The minimum absolute atomic E-state index is 0.638. The van der Waals surface area contributed by atoms with Crippen LogP contribution in [0.25, 0.3) is 0 Å². The van der Waals surface area contributed by atoms with Crippen molar-refractivity contribution in [2.45, 2.75) is 46.1 Å². The molecule has 20 heavy (non-hydrogen) atoms. The first-order chi connectivity index (χ1) is 9.69. The van der Waals surface area contributed by atoms with Gasteiger partial charge in [0.05, 0.1) is 5.69 Å². The molecule has 0 amide bonds. The van der Waals surface area contributed by atoms with Gasteiger partial charge in [-0.2, -0.15) is 5.10 Å². The fraction of sp³-hybridized carbons (Fsp3) is 0.438. The summed E-state index contributed by atoms with van der Waals surface area (Å²) >= 11 is 0. The number of fused-ring (bicyclic) bond motifs is 1. The number of ether oxygens (including phenoxy) is 1. The van der Waals surface area contributed by atoms with Gasteiger partial charge in [0.15, 0.2) is 0 Å². The first-order valence-corrected chi connectivity index (χ1v) is 7.31. The van der Waals surface area contributed by atoms with E-state index in [1.165, 1.54) is 24.0 Å². The molecule has 0 radical (unpaired) electrons. The zero-order chi connectivity index (χ0) is 14.1. The molecule has 0 bridgehead atoms. The highest BCUT2D eigenvalue weighted by molar-refractivity contribution is 5.54. The zero-order valence-electron chi connectivity index (χ0n) is 12.1. The minimum atomic E-state index is 0.638. The fourth-order valence-electron chi connectivity index (χ4n) is 2.77. The van der Waals surface area contributed by atoms with Gasteiger partial charge in [-0.05, 0) is 55.9 Å². The first-order valence-electron chi connectivity index (χ1n) is 7.31. The summed E-state index contributed by atoms with van der Waals surface area (Å²) in [6.45, 7) is 4.85. The van der Waals surface area contributed by atoms with E-state index in [1.807, 2.05) is 17.7 Å². The number of anilines is 1. The van der Waals surface area contributed by atoms with E-state index in [2.05, 4.69) is 24.2 Å². The molecule has 4 nitrogen and oxygen atoms in total. The zero-order valence-corrected chi connectivity index (χ0v) is 12.1. The van der Waals surface area contributed by atoms with E-state index in [1.54, 1.807) is 0 Å². The van der Waals surface area contributed by atoms with Gasteiger partial charge in [-0.1, -0.05) is 13.0 Å². The molecule has 1 aliphatic carbocycles. The van der Waals surface area contributed by atoms with Crippen LogP contribution < -0.4 is 10.5 Å². The van der Waals surface area contributed by atoms with Gasteiger partial charge in [-0.15, -0.1) is 0 Å². The predicted molar refractivity (Wildman–Crippen MR) is 80.2 cm³/mol. The summed E-state index contributed by atoms with van der Waals surface area (Å²) in [4.78, 5) is 0. The van der Waals surface area contributed by atoms with Crippen molar-refractivity contribution in [3.63, 3.8) is 0 Å². The van der Waals surface area contributed by atoms with Crippen molar-refractivity contribution in [2.24, 2.45) is 0 Å². The normalized spacial score (nSPS) is 13.5. The number of nitrogens with zero attached hydrogens (tertiary/aromatic N) is 2. The molecule has 2 aromatic rings. The number of aromatic nitrogens is 2. The van der Waals surface area contributed by atoms with E-state index < -0.39 is 0 Å². The van der Waals surface area contributed by atoms with Gasteiger partial charge in [0, 0.05) is 6.54 Å². The van der Waals surface area contributed by atoms with Gasteiger partial charge >= 0.3 is 0 Å². The van der Waals surface area contributed by atoms with Crippen LogP contribution in [0.5, 0.6) is 11.6 Å². The van der Waals surface area contributed by atoms with E-state index in [-0.39, 0.29) is 0 Å². The molecule has 0 saturated heterocycles. The number of benzene rings is 1. The second-order valence-electron chi connectivity index (χ2n) is 5.41. The first kappa shape index (κ1) is 13.0. The van der Waals surface area contributed by atoms with E-state index in [0.717, 1.165) is 30.8 Å². The number of rotatable bonds is 4.